The van der Waals surface area contributed by atoms with Crippen LogP contribution in [-0.4, -0.2) is 37.6 Å². The molecule has 2 aromatic rings. The van der Waals surface area contributed by atoms with Crippen LogP contribution >= 0.6 is 0 Å². The molecule has 0 atom stereocenters. The molecule has 112 valence electrons. The Kier molecular flexibility index (Phi) is 4.47. The van der Waals surface area contributed by atoms with E-state index in [1.54, 1.807) is 39.3 Å². The van der Waals surface area contributed by atoms with E-state index in [1.807, 2.05) is 0 Å². The summed E-state index contributed by atoms with van der Waals surface area (Å²) in [4.78, 5) is 26.3. The normalized spacial score (nSPS) is 10.4. The van der Waals surface area contributed by atoms with Crippen LogP contribution in [0, 0.1) is 0 Å². The SMILES string of the molecule is CCOC(=O)CC(=O)c1cc2cc(OC)c(OC)cc2[nH]1. The number of Topliss-reactive ketones (excluding diaryl/α,β-unsaturated/α-hetero) is 1. The highest BCUT2D eigenvalue weighted by molar-refractivity contribution is 6.07. The number of carbonyl (C=O) groups is 2. The number of carbonyl (C=O) groups excluding carboxylic acids is 2. The van der Waals surface area contributed by atoms with E-state index in [0.717, 1.165) is 10.9 Å². The zero-order valence-electron chi connectivity index (χ0n) is 12.2. The molecule has 0 saturated carbocycles. The first-order valence-electron chi connectivity index (χ1n) is 6.52. The number of ether oxygens (including phenoxy) is 3. The molecular weight excluding hydrogens is 274 g/mol. The number of fused-ring (bicyclic) bond motifs is 1. The number of aromatic nitrogens is 1. The van der Waals surface area contributed by atoms with Gasteiger partial charge in [0.05, 0.1) is 26.5 Å². The molecule has 0 unspecified atom stereocenters. The third-order valence-corrected chi connectivity index (χ3v) is 3.04. The highest BCUT2D eigenvalue weighted by Gasteiger charge is 2.16. The predicted molar refractivity (Wildman–Crippen MR) is 77.0 cm³/mol. The van der Waals surface area contributed by atoms with Crippen LogP contribution in [-0.2, 0) is 9.53 Å². The van der Waals surface area contributed by atoms with Gasteiger partial charge in [-0.1, -0.05) is 0 Å². The van der Waals surface area contributed by atoms with Crippen LogP contribution < -0.4 is 9.47 Å². The van der Waals surface area contributed by atoms with E-state index in [9.17, 15) is 9.59 Å². The maximum absolute atomic E-state index is 12.0. The monoisotopic (exact) mass is 291 g/mol. The minimum Gasteiger partial charge on any atom is -0.493 e. The molecule has 21 heavy (non-hydrogen) atoms. The topological polar surface area (TPSA) is 77.6 Å². The standard InChI is InChI=1S/C15H17NO5/c1-4-21-15(18)8-12(17)11-5-9-6-13(19-2)14(20-3)7-10(9)16-11/h5-7,16H,4,8H2,1-3H3. The summed E-state index contributed by atoms with van der Waals surface area (Å²) in [7, 11) is 3.09. The fourth-order valence-electron chi connectivity index (χ4n) is 2.05. The van der Waals surface area contributed by atoms with Gasteiger partial charge < -0.3 is 19.2 Å². The van der Waals surface area contributed by atoms with E-state index < -0.39 is 5.97 Å². The Hall–Kier alpha value is -2.50. The van der Waals surface area contributed by atoms with Gasteiger partial charge in [-0.05, 0) is 19.1 Å². The molecule has 0 aliphatic rings. The third-order valence-electron chi connectivity index (χ3n) is 3.04. The largest absolute Gasteiger partial charge is 0.493 e. The van der Waals surface area contributed by atoms with Gasteiger partial charge in [-0.2, -0.15) is 0 Å². The third kappa shape index (κ3) is 3.16. The zero-order chi connectivity index (χ0) is 15.4. The summed E-state index contributed by atoms with van der Waals surface area (Å²) in [6.07, 6.45) is -0.283. The van der Waals surface area contributed by atoms with Crippen LogP contribution in [0.4, 0.5) is 0 Å². The lowest BCUT2D eigenvalue weighted by atomic mass is 10.2. The Balaban J connectivity index is 2.30. The molecule has 2 rings (SSSR count). The van der Waals surface area contributed by atoms with Gasteiger partial charge in [0.1, 0.15) is 6.42 Å². The fraction of sp³-hybridized carbons (Fsp3) is 0.333. The van der Waals surface area contributed by atoms with Gasteiger partial charge >= 0.3 is 5.97 Å². The molecule has 6 nitrogen and oxygen atoms in total. The second-order valence-electron chi connectivity index (χ2n) is 4.38. The van der Waals surface area contributed by atoms with Gasteiger partial charge in [0.25, 0.3) is 0 Å². The van der Waals surface area contributed by atoms with E-state index in [2.05, 4.69) is 4.98 Å². The molecule has 0 radical (unpaired) electrons. The van der Waals surface area contributed by atoms with Crippen molar-refractivity contribution < 1.29 is 23.8 Å². The van der Waals surface area contributed by atoms with Gasteiger partial charge in [0, 0.05) is 17.0 Å². The van der Waals surface area contributed by atoms with Crippen LogP contribution in [0.5, 0.6) is 11.5 Å². The molecule has 1 heterocycles. The molecule has 6 heteroatoms. The minimum atomic E-state index is -0.531. The van der Waals surface area contributed by atoms with E-state index in [-0.39, 0.29) is 18.8 Å². The molecule has 1 aromatic heterocycles. The number of nitrogens with one attached hydrogen (secondary N) is 1. The van der Waals surface area contributed by atoms with E-state index in [0.29, 0.717) is 17.2 Å². The summed E-state index contributed by atoms with van der Waals surface area (Å²) in [5.41, 5.74) is 1.09. The van der Waals surface area contributed by atoms with Crippen molar-refractivity contribution in [3.8, 4) is 11.5 Å². The summed E-state index contributed by atoms with van der Waals surface area (Å²) in [5.74, 6) is 0.295. The van der Waals surface area contributed by atoms with Gasteiger partial charge in [-0.3, -0.25) is 9.59 Å². The second kappa shape index (κ2) is 6.30. The Labute approximate surface area is 122 Å². The number of benzene rings is 1. The van der Waals surface area contributed by atoms with Gasteiger partial charge in [0.2, 0.25) is 0 Å². The summed E-state index contributed by atoms with van der Waals surface area (Å²) in [5, 5.41) is 0.805. The Morgan fingerprint density at radius 3 is 2.38 bits per heavy atom. The quantitative estimate of drug-likeness (QED) is 0.502. The number of esters is 1. The van der Waals surface area contributed by atoms with Crippen molar-refractivity contribution in [1.82, 2.24) is 4.98 Å². The Morgan fingerprint density at radius 2 is 1.76 bits per heavy atom. The Bertz CT molecular complexity index is 633. The van der Waals surface area contributed by atoms with Gasteiger partial charge in [0.15, 0.2) is 17.3 Å². The fourth-order valence-corrected chi connectivity index (χ4v) is 2.05. The van der Waals surface area contributed by atoms with Crippen molar-refractivity contribution in [1.29, 1.82) is 0 Å². The molecule has 0 saturated heterocycles. The lowest BCUT2D eigenvalue weighted by molar-refractivity contribution is -0.141. The molecular formula is C15H17NO5. The van der Waals surface area contributed by atoms with Crippen LogP contribution in [0.15, 0.2) is 18.2 Å². The van der Waals surface area contributed by atoms with E-state index >= 15 is 0 Å². The van der Waals surface area contributed by atoms with Crippen molar-refractivity contribution in [2.24, 2.45) is 0 Å². The highest BCUT2D eigenvalue weighted by Crippen LogP contribution is 2.32. The maximum Gasteiger partial charge on any atom is 0.313 e. The summed E-state index contributed by atoms with van der Waals surface area (Å²) < 4.78 is 15.2. The first kappa shape index (κ1) is 14.9. The molecule has 1 N–H and O–H groups in total. The molecule has 0 bridgehead atoms. The van der Waals surface area contributed by atoms with Crippen molar-refractivity contribution >= 4 is 22.7 Å². The second-order valence-corrected chi connectivity index (χ2v) is 4.38. The van der Waals surface area contributed by atoms with E-state index in [1.165, 1.54) is 0 Å². The summed E-state index contributed by atoms with van der Waals surface area (Å²) >= 11 is 0. The van der Waals surface area contributed by atoms with Crippen molar-refractivity contribution in [2.75, 3.05) is 20.8 Å². The molecule has 0 spiro atoms. The number of hydrogen-bond donors (Lipinski definition) is 1. The van der Waals surface area contributed by atoms with Crippen molar-refractivity contribution in [3.05, 3.63) is 23.9 Å². The van der Waals surface area contributed by atoms with Crippen molar-refractivity contribution in [2.45, 2.75) is 13.3 Å². The lowest BCUT2D eigenvalue weighted by Gasteiger charge is -2.06. The summed E-state index contributed by atoms with van der Waals surface area (Å²) in [6, 6.07) is 5.19. The van der Waals surface area contributed by atoms with Crippen LogP contribution in [0.3, 0.4) is 0 Å². The van der Waals surface area contributed by atoms with Crippen LogP contribution in [0.1, 0.15) is 23.8 Å². The molecule has 0 aliphatic carbocycles. The van der Waals surface area contributed by atoms with Gasteiger partial charge in [-0.25, -0.2) is 0 Å². The van der Waals surface area contributed by atoms with Gasteiger partial charge in [-0.15, -0.1) is 0 Å². The highest BCUT2D eigenvalue weighted by atomic mass is 16.5. The first-order valence-corrected chi connectivity index (χ1v) is 6.52. The molecule has 0 fully saturated rings. The average Bonchev–Trinajstić information content (AvgIpc) is 2.88. The average molecular weight is 291 g/mol. The molecule has 1 aromatic carbocycles. The number of hydrogen-bond acceptors (Lipinski definition) is 5. The molecule has 0 amide bonds. The van der Waals surface area contributed by atoms with Crippen molar-refractivity contribution in [3.63, 3.8) is 0 Å². The number of methoxy groups -OCH3 is 2. The minimum absolute atomic E-state index is 0.257. The summed E-state index contributed by atoms with van der Waals surface area (Å²) in [6.45, 7) is 1.96. The smallest absolute Gasteiger partial charge is 0.313 e. The Morgan fingerprint density at radius 1 is 1.10 bits per heavy atom. The first-order chi connectivity index (χ1) is 10.1. The van der Waals surface area contributed by atoms with Crippen LogP contribution in [0.25, 0.3) is 10.9 Å². The van der Waals surface area contributed by atoms with Crippen LogP contribution in [0.2, 0.25) is 0 Å². The molecule has 0 aliphatic heterocycles. The zero-order valence-corrected chi connectivity index (χ0v) is 12.2. The van der Waals surface area contributed by atoms with E-state index in [4.69, 9.17) is 14.2 Å². The number of aromatic amines is 1. The maximum atomic E-state index is 12.0. The lowest BCUT2D eigenvalue weighted by Crippen LogP contribution is -2.11. The number of rotatable bonds is 6. The number of H-pyrrole nitrogens is 1. The number of ketones is 1. The predicted octanol–water partition coefficient (Wildman–Crippen LogP) is 2.32.